The Morgan fingerprint density at radius 2 is 1.15 bits per heavy atom. The van der Waals surface area contributed by atoms with E-state index in [2.05, 4.69) is 74.5 Å². The van der Waals surface area contributed by atoms with Crippen LogP contribution >= 0.6 is 0 Å². The molecule has 0 aliphatic heterocycles. The summed E-state index contributed by atoms with van der Waals surface area (Å²) in [5.41, 5.74) is 0.589. The van der Waals surface area contributed by atoms with Crippen molar-refractivity contribution in [1.29, 1.82) is 0 Å². The van der Waals surface area contributed by atoms with Crippen LogP contribution in [-0.2, 0) is 16.5 Å². The van der Waals surface area contributed by atoms with Gasteiger partial charge in [0.15, 0.2) is 0 Å². The van der Waals surface area contributed by atoms with Crippen LogP contribution in [0.4, 0.5) is 5.69 Å². The van der Waals surface area contributed by atoms with Crippen molar-refractivity contribution < 1.29 is 16.5 Å². The molecule has 0 aromatic heterocycles. The van der Waals surface area contributed by atoms with E-state index < -0.39 is 16.1 Å². The van der Waals surface area contributed by atoms with Crippen LogP contribution in [0.2, 0.25) is 39.3 Å². The van der Waals surface area contributed by atoms with Gasteiger partial charge in [0.05, 0.1) is 28.4 Å². The normalized spacial score (nSPS) is 11.6. The van der Waals surface area contributed by atoms with Gasteiger partial charge in [-0.2, -0.15) is 18.2 Å². The minimum absolute atomic E-state index is 0. The van der Waals surface area contributed by atoms with Crippen LogP contribution in [0.15, 0.2) is 36.4 Å². The Morgan fingerprint density at radius 3 is 1.58 bits per heavy atom. The van der Waals surface area contributed by atoms with Crippen molar-refractivity contribution in [3.8, 4) is 0 Å². The number of hydrogen-bond donors (Lipinski definition) is 0. The summed E-state index contributed by atoms with van der Waals surface area (Å²) in [5.74, 6) is 0. The van der Waals surface area contributed by atoms with E-state index in [0.29, 0.717) is 5.69 Å². The fourth-order valence-electron chi connectivity index (χ4n) is 3.28. The summed E-state index contributed by atoms with van der Waals surface area (Å²) < 4.78 is 0. The van der Waals surface area contributed by atoms with Crippen molar-refractivity contribution in [2.24, 2.45) is 0 Å². The van der Waals surface area contributed by atoms with Crippen molar-refractivity contribution >= 4 is 53.8 Å². The molecule has 138 valence electrons. The fourth-order valence-corrected chi connectivity index (χ4v) is 8.47. The first-order chi connectivity index (χ1) is 11.1. The van der Waals surface area contributed by atoms with Gasteiger partial charge in [0.2, 0.25) is 0 Å². The minimum atomic E-state index is -1.41. The third kappa shape index (κ3) is 4.28. The zero-order valence-corrected chi connectivity index (χ0v) is 19.7. The molecular weight excluding hydrogens is 393 g/mol. The van der Waals surface area contributed by atoms with E-state index in [9.17, 15) is 0 Å². The van der Waals surface area contributed by atoms with Crippen molar-refractivity contribution in [3.63, 3.8) is 0 Å². The second kappa shape index (κ2) is 7.68. The zero-order chi connectivity index (χ0) is 17.7. The quantitative estimate of drug-likeness (QED) is 0.277. The van der Waals surface area contributed by atoms with Gasteiger partial charge in [-0.3, -0.25) is 4.85 Å². The van der Waals surface area contributed by atoms with E-state index in [4.69, 9.17) is 6.57 Å². The van der Waals surface area contributed by atoms with Crippen molar-refractivity contribution in [2.75, 3.05) is 0 Å². The maximum Gasteiger partial charge on any atom is 2.00 e. The van der Waals surface area contributed by atoms with E-state index in [0.717, 1.165) is 10.8 Å². The summed E-state index contributed by atoms with van der Waals surface area (Å²) in [6.07, 6.45) is 0. The fraction of sp³-hybridized carbons (Fsp3) is 0.273. The van der Waals surface area contributed by atoms with E-state index in [1.54, 1.807) is 10.4 Å². The Morgan fingerprint density at radius 1 is 0.731 bits per heavy atom. The Labute approximate surface area is 170 Å². The maximum atomic E-state index is 7.20. The average molecular weight is 420 g/mol. The molecule has 3 aromatic rings. The molecule has 0 bridgehead atoms. The summed E-state index contributed by atoms with van der Waals surface area (Å²) >= 11 is 0. The summed E-state index contributed by atoms with van der Waals surface area (Å²) in [4.78, 5) is 3.51. The first-order valence-electron chi connectivity index (χ1n) is 8.41. The van der Waals surface area contributed by atoms with Gasteiger partial charge in [0.25, 0.3) is 0 Å². The third-order valence-corrected chi connectivity index (χ3v) is 8.89. The largest absolute Gasteiger partial charge is 2.00 e. The molecule has 3 rings (SSSR count). The minimum Gasteiger partial charge on any atom is -0.358 e. The maximum absolute atomic E-state index is 7.20. The molecule has 0 amide bonds. The monoisotopic (exact) mass is 419 g/mol. The predicted molar refractivity (Wildman–Crippen MR) is 119 cm³/mol. The Hall–Kier alpha value is -1.40. The topological polar surface area (TPSA) is 4.36 Å². The Balaban J connectivity index is 0.00000169. The van der Waals surface area contributed by atoms with Gasteiger partial charge in [0, 0.05) is 0 Å². The van der Waals surface area contributed by atoms with E-state index in [-0.39, 0.29) is 23.9 Å². The molecule has 0 N–H and O–H groups in total. The molecule has 0 aliphatic rings. The Kier molecular flexibility index (Phi) is 6.69. The van der Waals surface area contributed by atoms with Crippen molar-refractivity contribution in [2.45, 2.75) is 39.3 Å². The second-order valence-electron chi connectivity index (χ2n) is 8.66. The Bertz CT molecular complexity index is 989. The van der Waals surface area contributed by atoms with Crippen LogP contribution in [0.3, 0.4) is 0 Å². The number of rotatable bonds is 2. The summed E-state index contributed by atoms with van der Waals surface area (Å²) in [5, 5.41) is 8.11. The number of hydrogen-bond acceptors (Lipinski definition) is 0. The molecule has 1 nitrogen and oxygen atoms in total. The van der Waals surface area contributed by atoms with Gasteiger partial charge >= 0.3 is 16.5 Å². The molecule has 0 saturated carbocycles. The standard InChI is InChI=1S/C21H24NSi2.CH3.Ni/c1-22-19-9-8-15-10-17-13-20(23(2,3)4)21(24(5,6)7)14-18(17)11-16(15)12-19;;/h8,10-14H,2-7H3;1H3;/q2*-1;+2. The molecule has 26 heavy (non-hydrogen) atoms. The van der Waals surface area contributed by atoms with Crippen molar-refractivity contribution in [3.05, 3.63) is 61.3 Å². The molecular formula is C22H27NNiSi2. The van der Waals surface area contributed by atoms with Gasteiger partial charge in [-0.1, -0.05) is 67.9 Å². The molecule has 0 heterocycles. The smallest absolute Gasteiger partial charge is 0.358 e. The molecule has 0 radical (unpaired) electrons. The van der Waals surface area contributed by atoms with Crippen LogP contribution in [0.25, 0.3) is 26.4 Å². The molecule has 0 unspecified atom stereocenters. The predicted octanol–water partition coefficient (Wildman–Crippen LogP) is 5.88. The SMILES string of the molecule is [C-]#[N+]c1[c-]cc2cc3cc([Si](C)(C)C)c([Si](C)(C)C)cc3cc2c1.[CH3-].[Ni+2]. The van der Waals surface area contributed by atoms with Gasteiger partial charge in [-0.05, 0) is 10.8 Å². The third-order valence-electron chi connectivity index (χ3n) is 4.58. The van der Waals surface area contributed by atoms with Crippen LogP contribution in [-0.4, -0.2) is 16.1 Å². The molecule has 0 aliphatic carbocycles. The molecule has 0 spiro atoms. The first kappa shape index (κ1) is 22.6. The van der Waals surface area contributed by atoms with Gasteiger partial charge in [-0.25, -0.2) is 0 Å². The first-order valence-corrected chi connectivity index (χ1v) is 15.4. The van der Waals surface area contributed by atoms with E-state index in [1.807, 2.05) is 12.1 Å². The van der Waals surface area contributed by atoms with Gasteiger partial charge in [0.1, 0.15) is 0 Å². The molecule has 0 atom stereocenters. The number of benzene rings is 3. The van der Waals surface area contributed by atoms with Gasteiger partial charge < -0.3 is 7.43 Å². The molecule has 4 heteroatoms. The van der Waals surface area contributed by atoms with Crippen LogP contribution in [0, 0.1) is 20.1 Å². The molecule has 0 fully saturated rings. The molecule has 3 aromatic carbocycles. The summed E-state index contributed by atoms with van der Waals surface area (Å²) in [6, 6.07) is 16.3. The van der Waals surface area contributed by atoms with Crippen molar-refractivity contribution in [1.82, 2.24) is 0 Å². The van der Waals surface area contributed by atoms with Crippen LogP contribution < -0.4 is 10.4 Å². The molecule has 0 saturated heterocycles. The average Bonchev–Trinajstić information content (AvgIpc) is 2.49. The summed E-state index contributed by atoms with van der Waals surface area (Å²) in [7, 11) is -2.81. The van der Waals surface area contributed by atoms with Crippen LogP contribution in [0.1, 0.15) is 0 Å². The van der Waals surface area contributed by atoms with E-state index in [1.165, 1.54) is 10.8 Å². The number of nitrogens with zero attached hydrogens (tertiary/aromatic N) is 1. The van der Waals surface area contributed by atoms with Crippen LogP contribution in [0.5, 0.6) is 0 Å². The second-order valence-corrected chi connectivity index (χ2v) is 18.7. The van der Waals surface area contributed by atoms with Gasteiger partial charge in [-0.15, -0.1) is 16.8 Å². The zero-order valence-electron chi connectivity index (χ0n) is 16.7. The number of fused-ring (bicyclic) bond motifs is 2. The van der Waals surface area contributed by atoms with E-state index >= 15 is 0 Å². The summed E-state index contributed by atoms with van der Waals surface area (Å²) in [6.45, 7) is 21.8.